The van der Waals surface area contributed by atoms with E-state index in [0.29, 0.717) is 16.0 Å². The van der Waals surface area contributed by atoms with Crippen LogP contribution in [0, 0.1) is 10.3 Å². The van der Waals surface area contributed by atoms with E-state index in [0.717, 1.165) is 6.42 Å². The van der Waals surface area contributed by atoms with E-state index in [-0.39, 0.29) is 5.41 Å². The normalized spacial score (nSPS) is 18.2. The van der Waals surface area contributed by atoms with Gasteiger partial charge in [-0.3, -0.25) is 0 Å². The molecule has 0 heterocycles. The van der Waals surface area contributed by atoms with E-state index in [1.165, 1.54) is 29.3 Å². The van der Waals surface area contributed by atoms with Crippen LogP contribution in [0.4, 0.5) is 0 Å². The molecule has 0 N–H and O–H groups in total. The van der Waals surface area contributed by atoms with Crippen LogP contribution in [0.2, 0.25) is 10.0 Å². The molecule has 0 saturated carbocycles. The molecule has 0 fully saturated rings. The molecule has 3 rings (SSSR count). The van der Waals surface area contributed by atoms with E-state index < -0.39 is 0 Å². The van der Waals surface area contributed by atoms with Crippen molar-refractivity contribution < 1.29 is 0 Å². The highest BCUT2D eigenvalue weighted by Gasteiger charge is 2.35. The van der Waals surface area contributed by atoms with E-state index in [2.05, 4.69) is 55.9 Å². The molecule has 0 bridgehead atoms. The second-order valence-electron chi connectivity index (χ2n) is 6.56. The van der Waals surface area contributed by atoms with E-state index in [1.807, 2.05) is 12.1 Å². The number of nitroso groups, excluding NO2 is 1. The molecule has 2 aromatic rings. The third-order valence-corrected chi connectivity index (χ3v) is 5.28. The summed E-state index contributed by atoms with van der Waals surface area (Å²) >= 11 is 12.3. The third-order valence-electron chi connectivity index (χ3n) is 4.54. The number of benzene rings is 2. The maximum Gasteiger partial charge on any atom is 0.0700 e. The number of hydrogen-bond donors (Lipinski definition) is 0. The highest BCUT2D eigenvalue weighted by atomic mass is 35.5. The number of rotatable bonds is 1. The van der Waals surface area contributed by atoms with Crippen LogP contribution in [0.5, 0.6) is 0 Å². The van der Waals surface area contributed by atoms with Gasteiger partial charge in [0.15, 0.2) is 0 Å². The summed E-state index contributed by atoms with van der Waals surface area (Å²) in [5, 5.41) is 3.47. The van der Waals surface area contributed by atoms with Crippen LogP contribution in [0.3, 0.4) is 0 Å². The fourth-order valence-electron chi connectivity index (χ4n) is 3.21. The number of nitrogens with zero attached hydrogens (tertiary/aromatic N) is 1. The second kappa shape index (κ2) is 7.50. The predicted octanol–water partition coefficient (Wildman–Crippen LogP) is 6.95. The molecule has 0 aliphatic heterocycles. The molecule has 0 amide bonds. The molecule has 0 spiro atoms. The predicted molar refractivity (Wildman–Crippen MR) is 104 cm³/mol. The van der Waals surface area contributed by atoms with Crippen LogP contribution in [-0.2, 0) is 0 Å². The van der Waals surface area contributed by atoms with Gasteiger partial charge in [-0.05, 0) is 46.2 Å². The van der Waals surface area contributed by atoms with Gasteiger partial charge in [0.1, 0.15) is 0 Å². The zero-order chi connectivity index (χ0) is 17.9. The molecular formula is C20H21Cl2NO. The van der Waals surface area contributed by atoms with Crippen LogP contribution < -0.4 is 0 Å². The van der Waals surface area contributed by atoms with Crippen molar-refractivity contribution >= 4 is 28.8 Å². The smallest absolute Gasteiger partial charge is 0.0700 e. The molecule has 0 aromatic heterocycles. The number of halogens is 2. The summed E-state index contributed by atoms with van der Waals surface area (Å²) in [6.07, 6.45) is 1.03. The zero-order valence-electron chi connectivity index (χ0n) is 14.1. The summed E-state index contributed by atoms with van der Waals surface area (Å²) in [6.45, 7) is 8.84. The van der Waals surface area contributed by atoms with Gasteiger partial charge in [-0.2, -0.15) is 4.91 Å². The van der Waals surface area contributed by atoms with Crippen LogP contribution in [0.15, 0.2) is 54.2 Å². The Kier molecular flexibility index (Phi) is 5.84. The first kappa shape index (κ1) is 18.7. The summed E-state index contributed by atoms with van der Waals surface area (Å²) in [6, 6.07) is 14.5. The summed E-state index contributed by atoms with van der Waals surface area (Å²) in [4.78, 5) is 8.56. The minimum absolute atomic E-state index is 0.0745. The maximum atomic E-state index is 8.56. The molecule has 0 radical (unpaired) electrons. The Balaban J connectivity index is 0.000000647. The molecule has 1 unspecified atom stereocenters. The lowest BCUT2D eigenvalue weighted by Crippen LogP contribution is -2.24. The number of fused-ring (bicyclic) bond motifs is 1. The quantitative estimate of drug-likeness (QED) is 0.505. The fourth-order valence-corrected chi connectivity index (χ4v) is 3.52. The Bertz CT molecular complexity index is 768. The first-order chi connectivity index (χ1) is 11.3. The monoisotopic (exact) mass is 361 g/mol. The fraction of sp³-hybridized carbons (Fsp3) is 0.300. The van der Waals surface area contributed by atoms with E-state index >= 15 is 0 Å². The first-order valence-corrected chi connectivity index (χ1v) is 8.52. The van der Waals surface area contributed by atoms with Crippen molar-refractivity contribution in [1.82, 2.24) is 0 Å². The summed E-state index contributed by atoms with van der Waals surface area (Å²) in [7, 11) is 1.19. The lowest BCUT2D eigenvalue weighted by atomic mass is 9.65. The van der Waals surface area contributed by atoms with Gasteiger partial charge < -0.3 is 0 Å². The minimum Gasteiger partial charge on any atom is -0.151 e. The Hall–Kier alpha value is -1.64. The third kappa shape index (κ3) is 3.71. The SMILES string of the molecule is C=C1c2ccccc2C(c2ccc(Cl)c(Cl)c2)CC1(C)C.CN=O. The summed E-state index contributed by atoms with van der Waals surface area (Å²) in [5.41, 5.74) is 5.11. The van der Waals surface area contributed by atoms with Gasteiger partial charge in [0, 0.05) is 5.92 Å². The standard InChI is InChI=1S/C19H18Cl2.CH3NO/c1-12-14-6-4-5-7-15(14)16(11-19(12,2)3)13-8-9-17(20)18(21)10-13;1-2-3/h4-10,16H,1,11H2,2-3H3;1H3. The zero-order valence-corrected chi connectivity index (χ0v) is 15.7. The Morgan fingerprint density at radius 2 is 1.75 bits per heavy atom. The summed E-state index contributed by atoms with van der Waals surface area (Å²) < 4.78 is 0. The van der Waals surface area contributed by atoms with Crippen molar-refractivity contribution in [1.29, 1.82) is 0 Å². The van der Waals surface area contributed by atoms with Crippen molar-refractivity contribution in [3.63, 3.8) is 0 Å². The van der Waals surface area contributed by atoms with Crippen LogP contribution >= 0.6 is 23.2 Å². The van der Waals surface area contributed by atoms with Crippen LogP contribution in [0.25, 0.3) is 5.57 Å². The van der Waals surface area contributed by atoms with Gasteiger partial charge in [0.25, 0.3) is 0 Å². The van der Waals surface area contributed by atoms with Crippen molar-refractivity contribution in [3.8, 4) is 0 Å². The van der Waals surface area contributed by atoms with E-state index in [1.54, 1.807) is 0 Å². The second-order valence-corrected chi connectivity index (χ2v) is 7.38. The van der Waals surface area contributed by atoms with Gasteiger partial charge in [-0.15, -0.1) is 0 Å². The molecule has 126 valence electrons. The van der Waals surface area contributed by atoms with Gasteiger partial charge in [0.05, 0.1) is 17.1 Å². The minimum atomic E-state index is 0.0745. The Labute approximate surface area is 153 Å². The molecule has 2 aromatic carbocycles. The number of hydrogen-bond acceptors (Lipinski definition) is 2. The molecule has 2 nitrogen and oxygen atoms in total. The van der Waals surface area contributed by atoms with E-state index in [9.17, 15) is 0 Å². The van der Waals surface area contributed by atoms with Crippen molar-refractivity contribution in [2.45, 2.75) is 26.2 Å². The Morgan fingerprint density at radius 1 is 1.12 bits per heavy atom. The van der Waals surface area contributed by atoms with Crippen molar-refractivity contribution in [3.05, 3.63) is 80.7 Å². The average molecular weight is 362 g/mol. The lowest BCUT2D eigenvalue weighted by molar-refractivity contribution is 0.415. The van der Waals surface area contributed by atoms with Gasteiger partial charge in [0.2, 0.25) is 0 Å². The molecule has 1 aliphatic carbocycles. The van der Waals surface area contributed by atoms with Gasteiger partial charge in [-0.1, -0.05) is 79.1 Å². The Morgan fingerprint density at radius 3 is 2.38 bits per heavy atom. The molecule has 0 saturated heterocycles. The first-order valence-electron chi connectivity index (χ1n) is 7.77. The van der Waals surface area contributed by atoms with Crippen molar-refractivity contribution in [2.75, 3.05) is 7.05 Å². The molecule has 24 heavy (non-hydrogen) atoms. The topological polar surface area (TPSA) is 29.4 Å². The van der Waals surface area contributed by atoms with Gasteiger partial charge in [-0.25, -0.2) is 0 Å². The maximum absolute atomic E-state index is 8.56. The van der Waals surface area contributed by atoms with Crippen LogP contribution in [0.1, 0.15) is 42.9 Å². The highest BCUT2D eigenvalue weighted by Crippen LogP contribution is 2.51. The highest BCUT2D eigenvalue weighted by molar-refractivity contribution is 6.42. The lowest BCUT2D eigenvalue weighted by Gasteiger charge is -2.39. The van der Waals surface area contributed by atoms with E-state index in [4.69, 9.17) is 28.1 Å². The molecule has 4 heteroatoms. The molecule has 1 atom stereocenters. The van der Waals surface area contributed by atoms with Crippen LogP contribution in [-0.4, -0.2) is 7.05 Å². The van der Waals surface area contributed by atoms with Gasteiger partial charge >= 0.3 is 0 Å². The average Bonchev–Trinajstić information content (AvgIpc) is 2.54. The summed E-state index contributed by atoms with van der Waals surface area (Å²) in [5.74, 6) is 0.330. The van der Waals surface area contributed by atoms with Crippen molar-refractivity contribution in [2.24, 2.45) is 10.6 Å². The largest absolute Gasteiger partial charge is 0.151 e. The molecule has 1 aliphatic rings. The molecular weight excluding hydrogens is 341 g/mol. The number of allylic oxidation sites excluding steroid dienone is 1.